The van der Waals surface area contributed by atoms with Crippen molar-refractivity contribution in [1.29, 1.82) is 0 Å². The van der Waals surface area contributed by atoms with E-state index >= 15 is 0 Å². The molecule has 100 valence electrons. The lowest BCUT2D eigenvalue weighted by atomic mass is 10.2. The molecular weight excluding hydrogens is 232 g/mol. The lowest BCUT2D eigenvalue weighted by molar-refractivity contribution is 0.120. The fourth-order valence-electron chi connectivity index (χ4n) is 1.85. The van der Waals surface area contributed by atoms with E-state index in [2.05, 4.69) is 15.3 Å². The van der Waals surface area contributed by atoms with Crippen LogP contribution in [0.2, 0.25) is 0 Å². The number of nitrogen functional groups attached to an aromatic ring is 1. The predicted octanol–water partition coefficient (Wildman–Crippen LogP) is 1.44. The van der Waals surface area contributed by atoms with Gasteiger partial charge in [0.1, 0.15) is 12.0 Å². The van der Waals surface area contributed by atoms with E-state index in [0.717, 1.165) is 19.4 Å². The van der Waals surface area contributed by atoms with Gasteiger partial charge in [0.15, 0.2) is 5.82 Å². The maximum Gasteiger partial charge on any atom is 0.242 e. The smallest absolute Gasteiger partial charge is 0.242 e. The Kier molecular flexibility index (Phi) is 4.19. The SMILES string of the molecule is CC(C)Oc1ncnc(NCC2CCCO2)c1N. The van der Waals surface area contributed by atoms with Crippen molar-refractivity contribution in [1.82, 2.24) is 9.97 Å². The van der Waals surface area contributed by atoms with E-state index in [1.807, 2.05) is 13.8 Å². The molecule has 0 bridgehead atoms. The lowest BCUT2D eigenvalue weighted by Crippen LogP contribution is -2.20. The number of aromatic nitrogens is 2. The molecule has 1 unspecified atom stereocenters. The highest BCUT2D eigenvalue weighted by atomic mass is 16.5. The lowest BCUT2D eigenvalue weighted by Gasteiger charge is -2.15. The molecule has 6 heteroatoms. The van der Waals surface area contributed by atoms with Crippen LogP contribution >= 0.6 is 0 Å². The quantitative estimate of drug-likeness (QED) is 0.825. The maximum atomic E-state index is 5.96. The highest BCUT2D eigenvalue weighted by Crippen LogP contribution is 2.25. The summed E-state index contributed by atoms with van der Waals surface area (Å²) >= 11 is 0. The number of hydrogen-bond acceptors (Lipinski definition) is 6. The molecule has 0 aliphatic carbocycles. The first kappa shape index (κ1) is 12.9. The molecule has 2 rings (SSSR count). The molecule has 0 spiro atoms. The molecular formula is C12H20N4O2. The zero-order valence-corrected chi connectivity index (χ0v) is 10.8. The summed E-state index contributed by atoms with van der Waals surface area (Å²) in [5, 5.41) is 3.19. The second-order valence-corrected chi connectivity index (χ2v) is 4.62. The van der Waals surface area contributed by atoms with Crippen LogP contribution in [0.1, 0.15) is 26.7 Å². The van der Waals surface area contributed by atoms with Crippen LogP contribution in [0.25, 0.3) is 0 Å². The fourth-order valence-corrected chi connectivity index (χ4v) is 1.85. The number of ether oxygens (including phenoxy) is 2. The third-order valence-corrected chi connectivity index (χ3v) is 2.72. The molecule has 0 radical (unpaired) electrons. The van der Waals surface area contributed by atoms with Crippen LogP contribution in [0.3, 0.4) is 0 Å². The number of nitrogens with one attached hydrogen (secondary N) is 1. The number of anilines is 2. The van der Waals surface area contributed by atoms with Crippen molar-refractivity contribution in [3.05, 3.63) is 6.33 Å². The third kappa shape index (κ3) is 3.22. The summed E-state index contributed by atoms with van der Waals surface area (Å²) in [6, 6.07) is 0. The Balaban J connectivity index is 1.98. The van der Waals surface area contributed by atoms with Crippen LogP contribution in [-0.4, -0.2) is 35.3 Å². The number of rotatable bonds is 5. The summed E-state index contributed by atoms with van der Waals surface area (Å²) in [6.45, 7) is 5.41. The van der Waals surface area contributed by atoms with Gasteiger partial charge in [0.2, 0.25) is 5.88 Å². The summed E-state index contributed by atoms with van der Waals surface area (Å²) in [5.41, 5.74) is 6.41. The minimum absolute atomic E-state index is 0.0354. The molecule has 1 aromatic rings. The van der Waals surface area contributed by atoms with Crippen LogP contribution < -0.4 is 15.8 Å². The zero-order valence-electron chi connectivity index (χ0n) is 10.8. The number of nitrogens with two attached hydrogens (primary N) is 1. The van der Waals surface area contributed by atoms with Crippen LogP contribution in [0.15, 0.2) is 6.33 Å². The third-order valence-electron chi connectivity index (χ3n) is 2.72. The van der Waals surface area contributed by atoms with E-state index in [1.165, 1.54) is 6.33 Å². The van der Waals surface area contributed by atoms with Gasteiger partial charge in [0, 0.05) is 13.2 Å². The van der Waals surface area contributed by atoms with Crippen LogP contribution in [0.5, 0.6) is 5.88 Å². The maximum absolute atomic E-state index is 5.96. The average Bonchev–Trinajstić information content (AvgIpc) is 2.83. The average molecular weight is 252 g/mol. The summed E-state index contributed by atoms with van der Waals surface area (Å²) in [4.78, 5) is 8.15. The first-order chi connectivity index (χ1) is 8.66. The summed E-state index contributed by atoms with van der Waals surface area (Å²) in [7, 11) is 0. The fraction of sp³-hybridized carbons (Fsp3) is 0.667. The monoisotopic (exact) mass is 252 g/mol. The molecule has 1 saturated heterocycles. The first-order valence-electron chi connectivity index (χ1n) is 6.29. The summed E-state index contributed by atoms with van der Waals surface area (Å²) in [6.07, 6.45) is 3.93. The van der Waals surface area contributed by atoms with E-state index in [4.69, 9.17) is 15.2 Å². The van der Waals surface area contributed by atoms with E-state index in [-0.39, 0.29) is 12.2 Å². The Bertz CT molecular complexity index is 392. The molecule has 2 heterocycles. The standard InChI is InChI=1S/C12H20N4O2/c1-8(2)18-12-10(13)11(15-7-16-12)14-6-9-4-3-5-17-9/h7-9H,3-6,13H2,1-2H3,(H,14,15,16). The predicted molar refractivity (Wildman–Crippen MR) is 69.7 cm³/mol. The topological polar surface area (TPSA) is 82.3 Å². The van der Waals surface area contributed by atoms with E-state index in [9.17, 15) is 0 Å². The highest BCUT2D eigenvalue weighted by molar-refractivity contribution is 5.66. The Morgan fingerprint density at radius 1 is 1.56 bits per heavy atom. The second kappa shape index (κ2) is 5.86. The molecule has 3 N–H and O–H groups in total. The van der Waals surface area contributed by atoms with Crippen LogP contribution in [-0.2, 0) is 4.74 Å². The minimum atomic E-state index is 0.0354. The molecule has 1 aliphatic rings. The molecule has 18 heavy (non-hydrogen) atoms. The van der Waals surface area contributed by atoms with Crippen molar-refractivity contribution < 1.29 is 9.47 Å². The van der Waals surface area contributed by atoms with Gasteiger partial charge in [0.05, 0.1) is 12.2 Å². The van der Waals surface area contributed by atoms with E-state index in [1.54, 1.807) is 0 Å². The van der Waals surface area contributed by atoms with Gasteiger partial charge < -0.3 is 20.5 Å². The van der Waals surface area contributed by atoms with Crippen molar-refractivity contribution in [2.45, 2.75) is 38.9 Å². The largest absolute Gasteiger partial charge is 0.473 e. The van der Waals surface area contributed by atoms with Gasteiger partial charge in [-0.25, -0.2) is 4.98 Å². The van der Waals surface area contributed by atoms with Crippen LogP contribution in [0.4, 0.5) is 11.5 Å². The van der Waals surface area contributed by atoms with Gasteiger partial charge in [-0.05, 0) is 26.7 Å². The Morgan fingerprint density at radius 2 is 2.39 bits per heavy atom. The first-order valence-corrected chi connectivity index (χ1v) is 6.29. The second-order valence-electron chi connectivity index (χ2n) is 4.62. The van der Waals surface area contributed by atoms with Crippen molar-refractivity contribution in [2.75, 3.05) is 24.2 Å². The van der Waals surface area contributed by atoms with Gasteiger partial charge in [0.25, 0.3) is 0 Å². The highest BCUT2D eigenvalue weighted by Gasteiger charge is 2.17. The molecule has 6 nitrogen and oxygen atoms in total. The molecule has 1 fully saturated rings. The van der Waals surface area contributed by atoms with Gasteiger partial charge in [-0.3, -0.25) is 0 Å². The number of hydrogen-bond donors (Lipinski definition) is 2. The Hall–Kier alpha value is -1.56. The van der Waals surface area contributed by atoms with Gasteiger partial charge >= 0.3 is 0 Å². The molecule has 1 atom stereocenters. The molecule has 0 aromatic carbocycles. The van der Waals surface area contributed by atoms with Crippen LogP contribution in [0, 0.1) is 0 Å². The van der Waals surface area contributed by atoms with E-state index < -0.39 is 0 Å². The number of nitrogens with zero attached hydrogens (tertiary/aromatic N) is 2. The van der Waals surface area contributed by atoms with Crippen molar-refractivity contribution in [3.8, 4) is 5.88 Å². The van der Waals surface area contributed by atoms with E-state index in [0.29, 0.717) is 23.9 Å². The molecule has 0 amide bonds. The Labute approximate surface area is 107 Å². The Morgan fingerprint density at radius 3 is 3.06 bits per heavy atom. The van der Waals surface area contributed by atoms with Crippen molar-refractivity contribution in [3.63, 3.8) is 0 Å². The van der Waals surface area contributed by atoms with Gasteiger partial charge in [-0.1, -0.05) is 0 Å². The summed E-state index contributed by atoms with van der Waals surface area (Å²) < 4.78 is 11.0. The van der Waals surface area contributed by atoms with Crippen molar-refractivity contribution >= 4 is 11.5 Å². The summed E-state index contributed by atoms with van der Waals surface area (Å²) in [5.74, 6) is 1.03. The van der Waals surface area contributed by atoms with Gasteiger partial charge in [-0.2, -0.15) is 4.98 Å². The molecule has 0 saturated carbocycles. The van der Waals surface area contributed by atoms with Crippen molar-refractivity contribution in [2.24, 2.45) is 0 Å². The molecule has 1 aliphatic heterocycles. The normalized spacial score (nSPS) is 19.2. The zero-order chi connectivity index (χ0) is 13.0. The molecule has 1 aromatic heterocycles. The van der Waals surface area contributed by atoms with Gasteiger partial charge in [-0.15, -0.1) is 0 Å². The minimum Gasteiger partial charge on any atom is -0.473 e.